The number of piperazine rings is 1. The molecule has 1 amide bonds. The van der Waals surface area contributed by atoms with Crippen LogP contribution in [0.15, 0.2) is 42.5 Å². The summed E-state index contributed by atoms with van der Waals surface area (Å²) in [5.74, 6) is 0.626. The first-order valence-electron chi connectivity index (χ1n) is 9.57. The lowest BCUT2D eigenvalue weighted by Crippen LogP contribution is -2.51. The highest BCUT2D eigenvalue weighted by atomic mass is 35.5. The number of benzene rings is 2. The predicted molar refractivity (Wildman–Crippen MR) is 113 cm³/mol. The van der Waals surface area contributed by atoms with Crippen molar-refractivity contribution in [3.63, 3.8) is 0 Å². The molecule has 0 bridgehead atoms. The fourth-order valence-electron chi connectivity index (χ4n) is 3.58. The van der Waals surface area contributed by atoms with E-state index in [0.29, 0.717) is 53.8 Å². The van der Waals surface area contributed by atoms with Crippen molar-refractivity contribution in [2.75, 3.05) is 47.5 Å². The SMILES string of the molecule is COC(=O)C(c1ccccc1Cl)N1CCN(C(=O)c2cc(OC)cc(OC)c2)CC1. The largest absolute Gasteiger partial charge is 0.497 e. The summed E-state index contributed by atoms with van der Waals surface area (Å²) in [6.07, 6.45) is 0. The number of carbonyl (C=O) groups excluding carboxylic acids is 2. The first-order valence-corrected chi connectivity index (χ1v) is 9.95. The quantitative estimate of drug-likeness (QED) is 0.653. The molecule has 0 aromatic heterocycles. The zero-order chi connectivity index (χ0) is 21.7. The average Bonchev–Trinajstić information content (AvgIpc) is 2.79. The molecular weight excluding hydrogens is 408 g/mol. The van der Waals surface area contributed by atoms with Crippen LogP contribution in [-0.4, -0.2) is 69.2 Å². The van der Waals surface area contributed by atoms with E-state index < -0.39 is 6.04 Å². The van der Waals surface area contributed by atoms with Gasteiger partial charge in [0.1, 0.15) is 17.5 Å². The topological polar surface area (TPSA) is 68.3 Å². The number of esters is 1. The van der Waals surface area contributed by atoms with Crippen molar-refractivity contribution < 1.29 is 23.8 Å². The Hall–Kier alpha value is -2.77. The molecule has 1 fully saturated rings. The number of methoxy groups -OCH3 is 3. The molecule has 160 valence electrons. The normalized spacial score (nSPS) is 15.4. The molecule has 2 aromatic rings. The third-order valence-electron chi connectivity index (χ3n) is 5.19. The van der Waals surface area contributed by atoms with Crippen LogP contribution < -0.4 is 9.47 Å². The Kier molecular flexibility index (Phi) is 7.18. The summed E-state index contributed by atoms with van der Waals surface area (Å²) >= 11 is 6.33. The molecule has 0 spiro atoms. The molecule has 1 heterocycles. The maximum Gasteiger partial charge on any atom is 0.327 e. The number of hydrogen-bond donors (Lipinski definition) is 0. The van der Waals surface area contributed by atoms with Gasteiger partial charge in [-0.05, 0) is 23.8 Å². The van der Waals surface area contributed by atoms with Crippen LogP contribution in [0.4, 0.5) is 0 Å². The van der Waals surface area contributed by atoms with E-state index in [4.69, 9.17) is 25.8 Å². The monoisotopic (exact) mass is 432 g/mol. The second kappa shape index (κ2) is 9.82. The Morgan fingerprint density at radius 2 is 1.53 bits per heavy atom. The molecule has 2 aromatic carbocycles. The molecule has 8 heteroatoms. The highest BCUT2D eigenvalue weighted by Gasteiger charge is 2.33. The van der Waals surface area contributed by atoms with E-state index in [1.165, 1.54) is 7.11 Å². The van der Waals surface area contributed by atoms with Gasteiger partial charge in [-0.15, -0.1) is 0 Å². The van der Waals surface area contributed by atoms with Crippen LogP contribution in [0.5, 0.6) is 11.5 Å². The zero-order valence-electron chi connectivity index (χ0n) is 17.3. The van der Waals surface area contributed by atoms with E-state index in [1.54, 1.807) is 43.4 Å². The maximum atomic E-state index is 13.0. The van der Waals surface area contributed by atoms with Crippen LogP contribution in [-0.2, 0) is 9.53 Å². The molecule has 1 unspecified atom stereocenters. The van der Waals surface area contributed by atoms with Crippen molar-refractivity contribution >= 4 is 23.5 Å². The van der Waals surface area contributed by atoms with Crippen molar-refractivity contribution in [1.29, 1.82) is 0 Å². The van der Waals surface area contributed by atoms with Crippen molar-refractivity contribution in [3.05, 3.63) is 58.6 Å². The summed E-state index contributed by atoms with van der Waals surface area (Å²) in [4.78, 5) is 29.3. The highest BCUT2D eigenvalue weighted by Crippen LogP contribution is 2.30. The van der Waals surface area contributed by atoms with Gasteiger partial charge in [0.2, 0.25) is 0 Å². The van der Waals surface area contributed by atoms with E-state index in [9.17, 15) is 9.59 Å². The molecule has 0 radical (unpaired) electrons. The standard InChI is InChI=1S/C22H25ClN2O5/c1-28-16-12-15(13-17(14-16)29-2)21(26)25-10-8-24(9-11-25)20(22(27)30-3)18-6-4-5-7-19(18)23/h4-7,12-14,20H,8-11H2,1-3H3. The molecule has 0 N–H and O–H groups in total. The Labute approximate surface area is 181 Å². The zero-order valence-corrected chi connectivity index (χ0v) is 18.0. The molecule has 30 heavy (non-hydrogen) atoms. The molecule has 3 rings (SSSR count). The van der Waals surface area contributed by atoms with Gasteiger partial charge in [0.15, 0.2) is 0 Å². The first-order chi connectivity index (χ1) is 14.5. The summed E-state index contributed by atoms with van der Waals surface area (Å²) in [5, 5.41) is 0.509. The maximum absolute atomic E-state index is 13.0. The fraction of sp³-hybridized carbons (Fsp3) is 0.364. The van der Waals surface area contributed by atoms with E-state index in [2.05, 4.69) is 0 Å². The lowest BCUT2D eigenvalue weighted by atomic mass is 10.0. The minimum absolute atomic E-state index is 0.112. The van der Waals surface area contributed by atoms with Crippen molar-refractivity contribution in [2.45, 2.75) is 6.04 Å². The Balaban J connectivity index is 1.75. The average molecular weight is 433 g/mol. The van der Waals surface area contributed by atoms with Crippen LogP contribution in [0.2, 0.25) is 5.02 Å². The number of hydrogen-bond acceptors (Lipinski definition) is 6. The van der Waals surface area contributed by atoms with Crippen molar-refractivity contribution in [2.24, 2.45) is 0 Å². The van der Waals surface area contributed by atoms with E-state index >= 15 is 0 Å². The summed E-state index contributed by atoms with van der Waals surface area (Å²) in [5.41, 5.74) is 1.19. The fourth-order valence-corrected chi connectivity index (χ4v) is 3.82. The summed E-state index contributed by atoms with van der Waals surface area (Å²) in [6.45, 7) is 1.96. The number of nitrogens with zero attached hydrogens (tertiary/aromatic N) is 2. The van der Waals surface area contributed by atoms with Crippen LogP contribution >= 0.6 is 11.6 Å². The van der Waals surface area contributed by atoms with Gasteiger partial charge >= 0.3 is 5.97 Å². The third kappa shape index (κ3) is 4.68. The number of rotatable bonds is 6. The van der Waals surface area contributed by atoms with Gasteiger partial charge in [-0.2, -0.15) is 0 Å². The third-order valence-corrected chi connectivity index (χ3v) is 5.53. The van der Waals surface area contributed by atoms with Gasteiger partial charge in [-0.1, -0.05) is 29.8 Å². The number of halogens is 1. The first kappa shape index (κ1) is 21.9. The van der Waals surface area contributed by atoms with Crippen LogP contribution in [0.1, 0.15) is 22.0 Å². The highest BCUT2D eigenvalue weighted by molar-refractivity contribution is 6.31. The molecule has 7 nitrogen and oxygen atoms in total. The Bertz CT molecular complexity index is 890. The van der Waals surface area contributed by atoms with Crippen LogP contribution in [0, 0.1) is 0 Å². The van der Waals surface area contributed by atoms with Crippen molar-refractivity contribution in [3.8, 4) is 11.5 Å². The summed E-state index contributed by atoms with van der Waals surface area (Å²) < 4.78 is 15.5. The van der Waals surface area contributed by atoms with E-state index in [0.717, 1.165) is 0 Å². The van der Waals surface area contributed by atoms with Gasteiger partial charge in [-0.3, -0.25) is 9.69 Å². The molecule has 1 aliphatic rings. The number of amides is 1. The van der Waals surface area contributed by atoms with E-state index in [-0.39, 0.29) is 11.9 Å². The molecule has 0 saturated carbocycles. The second-order valence-corrected chi connectivity index (χ2v) is 7.28. The number of carbonyl (C=O) groups is 2. The summed E-state index contributed by atoms with van der Waals surface area (Å²) in [7, 11) is 4.45. The molecular formula is C22H25ClN2O5. The lowest BCUT2D eigenvalue weighted by Gasteiger charge is -2.38. The van der Waals surface area contributed by atoms with Gasteiger partial charge in [0, 0.05) is 42.8 Å². The summed E-state index contributed by atoms with van der Waals surface area (Å²) in [6, 6.07) is 11.7. The lowest BCUT2D eigenvalue weighted by molar-refractivity contribution is -0.148. The van der Waals surface area contributed by atoms with Crippen LogP contribution in [0.3, 0.4) is 0 Å². The molecule has 0 aliphatic carbocycles. The van der Waals surface area contributed by atoms with Gasteiger partial charge in [0.05, 0.1) is 21.3 Å². The molecule has 1 atom stereocenters. The molecule has 1 aliphatic heterocycles. The van der Waals surface area contributed by atoms with E-state index in [1.807, 2.05) is 23.1 Å². The van der Waals surface area contributed by atoms with Gasteiger partial charge in [0.25, 0.3) is 5.91 Å². The Morgan fingerprint density at radius 1 is 0.933 bits per heavy atom. The van der Waals surface area contributed by atoms with Gasteiger partial charge < -0.3 is 19.1 Å². The Morgan fingerprint density at radius 3 is 2.07 bits per heavy atom. The van der Waals surface area contributed by atoms with Crippen LogP contribution in [0.25, 0.3) is 0 Å². The predicted octanol–water partition coefficient (Wildman–Crippen LogP) is 3.03. The minimum atomic E-state index is -0.613. The molecule has 1 saturated heterocycles. The number of ether oxygens (including phenoxy) is 3. The smallest absolute Gasteiger partial charge is 0.327 e. The second-order valence-electron chi connectivity index (χ2n) is 6.88. The van der Waals surface area contributed by atoms with Crippen molar-refractivity contribution in [1.82, 2.24) is 9.80 Å². The van der Waals surface area contributed by atoms with Gasteiger partial charge in [-0.25, -0.2) is 4.79 Å². The minimum Gasteiger partial charge on any atom is -0.497 e.